The third-order valence-corrected chi connectivity index (χ3v) is 2.66. The number of benzene rings is 1. The lowest BCUT2D eigenvalue weighted by Gasteiger charge is -2.19. The highest BCUT2D eigenvalue weighted by Crippen LogP contribution is 2.35. The van der Waals surface area contributed by atoms with Crippen molar-refractivity contribution < 1.29 is 31.5 Å². The summed E-state index contributed by atoms with van der Waals surface area (Å²) in [6, 6.07) is 6.41. The molecule has 1 aromatic carbocycles. The Morgan fingerprint density at radius 1 is 1.14 bits per heavy atom. The Balaban J connectivity index is 2.74. The van der Waals surface area contributed by atoms with E-state index >= 15 is 0 Å². The number of nitrogens with one attached hydrogen (secondary N) is 1. The van der Waals surface area contributed by atoms with Gasteiger partial charge in [-0.3, -0.25) is 4.79 Å². The van der Waals surface area contributed by atoms with Gasteiger partial charge in [0.25, 0.3) is 0 Å². The van der Waals surface area contributed by atoms with E-state index in [1.165, 1.54) is 6.07 Å². The van der Waals surface area contributed by atoms with Gasteiger partial charge in [0.2, 0.25) is 0 Å². The average molecular weight is 311 g/mol. The maximum absolute atomic E-state index is 12.8. The molecule has 3 nitrogen and oxygen atoms in total. The van der Waals surface area contributed by atoms with Gasteiger partial charge in [0.15, 0.2) is 0 Å². The van der Waals surface area contributed by atoms with E-state index in [0.29, 0.717) is 17.7 Å². The second-order valence-electron chi connectivity index (χ2n) is 4.16. The van der Waals surface area contributed by atoms with Crippen molar-refractivity contribution in [1.82, 2.24) is 5.32 Å². The lowest BCUT2D eigenvalue weighted by atomic mass is 10.1. The van der Waals surface area contributed by atoms with Gasteiger partial charge >= 0.3 is 18.0 Å². The van der Waals surface area contributed by atoms with Gasteiger partial charge in [-0.25, -0.2) is 0 Å². The maximum Gasteiger partial charge on any atom is 0.463 e. The first-order valence-electron chi connectivity index (χ1n) is 6.07. The summed E-state index contributed by atoms with van der Waals surface area (Å²) in [6.45, 7) is 1.92. The van der Waals surface area contributed by atoms with Gasteiger partial charge in [0, 0.05) is 13.2 Å². The number of hydrogen-bond acceptors (Lipinski definition) is 2. The van der Waals surface area contributed by atoms with E-state index in [1.54, 1.807) is 30.4 Å². The highest BCUT2D eigenvalue weighted by Gasteiger charge is 2.63. The molecule has 0 aromatic heterocycles. The fourth-order valence-electron chi connectivity index (χ4n) is 1.50. The standard InChI is InChI=1S/C13H14F5NO2/c1-2-21-8-10-6-4-3-5-9(10)7-19-11(20)12(14,15)13(16,17)18/h3-6H,2,7-8H2,1H3,(H,19,20). The fourth-order valence-corrected chi connectivity index (χ4v) is 1.50. The van der Waals surface area contributed by atoms with Crippen molar-refractivity contribution in [2.24, 2.45) is 0 Å². The maximum atomic E-state index is 12.8. The average Bonchev–Trinajstić information content (AvgIpc) is 2.42. The van der Waals surface area contributed by atoms with Crippen LogP contribution in [-0.4, -0.2) is 24.6 Å². The Kier molecular flexibility index (Phi) is 5.65. The second-order valence-corrected chi connectivity index (χ2v) is 4.16. The third-order valence-electron chi connectivity index (χ3n) is 2.66. The van der Waals surface area contributed by atoms with Gasteiger partial charge in [-0.1, -0.05) is 24.3 Å². The van der Waals surface area contributed by atoms with E-state index in [-0.39, 0.29) is 6.61 Å². The van der Waals surface area contributed by atoms with E-state index in [4.69, 9.17) is 4.74 Å². The molecule has 1 N–H and O–H groups in total. The van der Waals surface area contributed by atoms with Gasteiger partial charge < -0.3 is 10.1 Å². The highest BCUT2D eigenvalue weighted by molar-refractivity contribution is 5.84. The number of rotatable bonds is 6. The zero-order valence-electron chi connectivity index (χ0n) is 11.1. The molecule has 8 heteroatoms. The zero-order chi connectivity index (χ0) is 16.1. The molecule has 118 valence electrons. The molecule has 0 aliphatic heterocycles. The number of amides is 1. The minimum absolute atomic E-state index is 0.179. The monoisotopic (exact) mass is 311 g/mol. The summed E-state index contributed by atoms with van der Waals surface area (Å²) in [4.78, 5) is 11.0. The van der Waals surface area contributed by atoms with Crippen LogP contribution in [0.2, 0.25) is 0 Å². The van der Waals surface area contributed by atoms with Crippen LogP contribution in [0.25, 0.3) is 0 Å². The predicted octanol–water partition coefficient (Wildman–Crippen LogP) is 3.04. The van der Waals surface area contributed by atoms with Gasteiger partial charge in [0.1, 0.15) is 0 Å². The number of carbonyl (C=O) groups is 1. The van der Waals surface area contributed by atoms with Gasteiger partial charge in [-0.05, 0) is 18.1 Å². The van der Waals surface area contributed by atoms with Gasteiger partial charge in [-0.15, -0.1) is 0 Å². The van der Waals surface area contributed by atoms with Crippen LogP contribution in [0.15, 0.2) is 24.3 Å². The van der Waals surface area contributed by atoms with Crippen LogP contribution in [-0.2, 0) is 22.7 Å². The first-order valence-corrected chi connectivity index (χ1v) is 6.07. The lowest BCUT2D eigenvalue weighted by Crippen LogP contribution is -2.50. The summed E-state index contributed by atoms with van der Waals surface area (Å²) in [5.41, 5.74) is 1.02. The molecule has 0 saturated heterocycles. The van der Waals surface area contributed by atoms with Crippen molar-refractivity contribution in [3.63, 3.8) is 0 Å². The van der Waals surface area contributed by atoms with E-state index in [0.717, 1.165) is 0 Å². The summed E-state index contributed by atoms with van der Waals surface area (Å²) >= 11 is 0. The molecule has 21 heavy (non-hydrogen) atoms. The number of ether oxygens (including phenoxy) is 1. The van der Waals surface area contributed by atoms with Crippen LogP contribution in [0.1, 0.15) is 18.1 Å². The van der Waals surface area contributed by atoms with Crippen LogP contribution in [0.5, 0.6) is 0 Å². The molecule has 0 unspecified atom stereocenters. The van der Waals surface area contributed by atoms with Crippen LogP contribution in [0.3, 0.4) is 0 Å². The predicted molar refractivity (Wildman–Crippen MR) is 64.6 cm³/mol. The first kappa shape index (κ1) is 17.4. The molecule has 1 amide bonds. The van der Waals surface area contributed by atoms with Crippen molar-refractivity contribution in [2.75, 3.05) is 6.61 Å². The normalized spacial score (nSPS) is 12.3. The quantitative estimate of drug-likeness (QED) is 0.820. The summed E-state index contributed by atoms with van der Waals surface area (Å²) in [5, 5.41) is 1.60. The molecule has 0 radical (unpaired) electrons. The highest BCUT2D eigenvalue weighted by atomic mass is 19.4. The molecule has 0 spiro atoms. The Morgan fingerprint density at radius 2 is 1.71 bits per heavy atom. The smallest absolute Gasteiger partial charge is 0.377 e. The zero-order valence-corrected chi connectivity index (χ0v) is 11.1. The molecule has 0 fully saturated rings. The van der Waals surface area contributed by atoms with Crippen LogP contribution in [0, 0.1) is 0 Å². The largest absolute Gasteiger partial charge is 0.463 e. The van der Waals surface area contributed by atoms with E-state index in [1.807, 2.05) is 0 Å². The Hall–Kier alpha value is -1.70. The molecule has 1 aromatic rings. The topological polar surface area (TPSA) is 38.3 Å². The molecule has 0 aliphatic carbocycles. The van der Waals surface area contributed by atoms with E-state index in [9.17, 15) is 26.7 Å². The van der Waals surface area contributed by atoms with Gasteiger partial charge in [-0.2, -0.15) is 22.0 Å². The van der Waals surface area contributed by atoms with Crippen molar-refractivity contribution in [1.29, 1.82) is 0 Å². The van der Waals surface area contributed by atoms with Crippen LogP contribution in [0.4, 0.5) is 22.0 Å². The van der Waals surface area contributed by atoms with Crippen LogP contribution < -0.4 is 5.32 Å². The Labute approximate surface area is 118 Å². The summed E-state index contributed by atoms with van der Waals surface area (Å²) in [5.74, 6) is -7.79. The van der Waals surface area contributed by atoms with E-state index in [2.05, 4.69) is 0 Å². The van der Waals surface area contributed by atoms with E-state index < -0.39 is 24.6 Å². The Bertz CT molecular complexity index is 488. The fraction of sp³-hybridized carbons (Fsp3) is 0.462. The molecule has 0 atom stereocenters. The van der Waals surface area contributed by atoms with Crippen molar-refractivity contribution >= 4 is 5.91 Å². The number of halogens is 5. The van der Waals surface area contributed by atoms with Crippen molar-refractivity contribution in [2.45, 2.75) is 32.2 Å². The summed E-state index contributed by atoms with van der Waals surface area (Å²) in [7, 11) is 0. The molecule has 1 rings (SSSR count). The van der Waals surface area contributed by atoms with Crippen molar-refractivity contribution in [3.8, 4) is 0 Å². The third kappa shape index (κ3) is 4.38. The minimum Gasteiger partial charge on any atom is -0.377 e. The number of alkyl halides is 5. The molecule has 0 aliphatic rings. The first-order chi connectivity index (χ1) is 9.70. The molecule has 0 saturated carbocycles. The summed E-state index contributed by atoms with van der Waals surface area (Å²) in [6.07, 6.45) is -5.91. The molecule has 0 heterocycles. The Morgan fingerprint density at radius 3 is 2.24 bits per heavy atom. The lowest BCUT2D eigenvalue weighted by molar-refractivity contribution is -0.269. The minimum atomic E-state index is -5.91. The second kappa shape index (κ2) is 6.84. The summed E-state index contributed by atoms with van der Waals surface area (Å²) < 4.78 is 66.8. The van der Waals surface area contributed by atoms with Crippen molar-refractivity contribution in [3.05, 3.63) is 35.4 Å². The number of carbonyl (C=O) groups excluding carboxylic acids is 1. The molecular weight excluding hydrogens is 297 g/mol. The number of hydrogen-bond donors (Lipinski definition) is 1. The van der Waals surface area contributed by atoms with Gasteiger partial charge in [0.05, 0.1) is 6.61 Å². The van der Waals surface area contributed by atoms with Crippen LogP contribution >= 0.6 is 0 Å². The molecule has 0 bridgehead atoms. The SMILES string of the molecule is CCOCc1ccccc1CNC(=O)C(F)(F)C(F)(F)F. The molecular formula is C13H14F5NO2.